The first kappa shape index (κ1) is 14.4. The molecule has 5 heteroatoms. The highest BCUT2D eigenvalue weighted by molar-refractivity contribution is 9.10. The summed E-state index contributed by atoms with van der Waals surface area (Å²) in [6.45, 7) is 5.95. The molecule has 0 aliphatic carbocycles. The van der Waals surface area contributed by atoms with E-state index in [1.165, 1.54) is 0 Å². The zero-order valence-corrected chi connectivity index (χ0v) is 12.4. The van der Waals surface area contributed by atoms with Gasteiger partial charge in [0.15, 0.2) is 5.78 Å². The van der Waals surface area contributed by atoms with Gasteiger partial charge in [0.2, 0.25) is 0 Å². The average molecular weight is 302 g/mol. The van der Waals surface area contributed by atoms with E-state index in [-0.39, 0.29) is 11.7 Å². The second kappa shape index (κ2) is 5.78. The van der Waals surface area contributed by atoms with Crippen molar-refractivity contribution in [3.8, 4) is 0 Å². The van der Waals surface area contributed by atoms with Gasteiger partial charge in [-0.3, -0.25) is 9.48 Å². The van der Waals surface area contributed by atoms with E-state index in [4.69, 9.17) is 5.73 Å². The summed E-state index contributed by atoms with van der Waals surface area (Å²) in [6.07, 6.45) is 1.18. The molecule has 0 aromatic carbocycles. The maximum Gasteiger partial charge on any atom is 0.155 e. The van der Waals surface area contributed by atoms with Crippen LogP contribution < -0.4 is 5.73 Å². The molecule has 96 valence electrons. The molecule has 1 atom stereocenters. The molecule has 1 heterocycles. The van der Waals surface area contributed by atoms with Crippen LogP contribution in [-0.2, 0) is 24.7 Å². The van der Waals surface area contributed by atoms with Gasteiger partial charge >= 0.3 is 0 Å². The summed E-state index contributed by atoms with van der Waals surface area (Å²) in [6, 6.07) is -0.401. The van der Waals surface area contributed by atoms with Crippen LogP contribution in [0.25, 0.3) is 0 Å². The lowest BCUT2D eigenvalue weighted by molar-refractivity contribution is -0.120. The van der Waals surface area contributed by atoms with Crippen molar-refractivity contribution in [3.05, 3.63) is 15.9 Å². The van der Waals surface area contributed by atoms with Crippen LogP contribution >= 0.6 is 15.9 Å². The van der Waals surface area contributed by atoms with Crippen molar-refractivity contribution < 1.29 is 4.79 Å². The van der Waals surface area contributed by atoms with E-state index in [0.29, 0.717) is 6.42 Å². The minimum atomic E-state index is -0.401. The Kier molecular flexibility index (Phi) is 4.89. The first-order valence-corrected chi connectivity index (χ1v) is 6.66. The third-order valence-electron chi connectivity index (χ3n) is 2.93. The largest absolute Gasteiger partial charge is 0.321 e. The topological polar surface area (TPSA) is 60.9 Å². The Bertz CT molecular complexity index is 412. The molecule has 17 heavy (non-hydrogen) atoms. The minimum Gasteiger partial charge on any atom is -0.321 e. The maximum absolute atomic E-state index is 12.0. The molecule has 0 spiro atoms. The van der Waals surface area contributed by atoms with E-state index < -0.39 is 6.04 Å². The maximum atomic E-state index is 12.0. The number of hydrogen-bond donors (Lipinski definition) is 1. The zero-order valence-electron chi connectivity index (χ0n) is 10.8. The van der Waals surface area contributed by atoms with Crippen molar-refractivity contribution >= 4 is 21.7 Å². The van der Waals surface area contributed by atoms with E-state index in [1.807, 2.05) is 27.8 Å². The number of carbonyl (C=O) groups excluding carboxylic acids is 1. The molecule has 0 aliphatic heterocycles. The van der Waals surface area contributed by atoms with Crippen molar-refractivity contribution in [3.63, 3.8) is 0 Å². The van der Waals surface area contributed by atoms with Crippen molar-refractivity contribution in [1.82, 2.24) is 9.78 Å². The minimum absolute atomic E-state index is 0.0614. The van der Waals surface area contributed by atoms with Crippen molar-refractivity contribution in [1.29, 1.82) is 0 Å². The highest BCUT2D eigenvalue weighted by atomic mass is 79.9. The molecule has 0 radical (unpaired) electrons. The molecule has 1 aromatic heterocycles. The van der Waals surface area contributed by atoms with Crippen molar-refractivity contribution in [2.24, 2.45) is 18.7 Å². The highest BCUT2D eigenvalue weighted by Gasteiger charge is 2.21. The van der Waals surface area contributed by atoms with Gasteiger partial charge in [0.05, 0.1) is 28.3 Å². The number of halogens is 1. The smallest absolute Gasteiger partial charge is 0.155 e. The second-order valence-electron chi connectivity index (χ2n) is 4.60. The number of Topliss-reactive ketones (excluding diaryl/α,β-unsaturated/α-hetero) is 1. The number of aromatic nitrogens is 2. The first-order valence-electron chi connectivity index (χ1n) is 5.87. The van der Waals surface area contributed by atoms with Gasteiger partial charge in [-0.25, -0.2) is 0 Å². The molecule has 0 saturated carbocycles. The Morgan fingerprint density at radius 2 is 2.12 bits per heavy atom. The van der Waals surface area contributed by atoms with Gasteiger partial charge in [0, 0.05) is 7.05 Å². The predicted octanol–water partition coefficient (Wildman–Crippen LogP) is 1.84. The first-order chi connectivity index (χ1) is 7.88. The van der Waals surface area contributed by atoms with E-state index in [1.54, 1.807) is 4.68 Å². The predicted molar refractivity (Wildman–Crippen MR) is 71.8 cm³/mol. The summed E-state index contributed by atoms with van der Waals surface area (Å²) in [4.78, 5) is 12.0. The summed E-state index contributed by atoms with van der Waals surface area (Å²) in [5.41, 5.74) is 7.74. The standard InChI is InChI=1S/C12H20BrN3O/c1-5-8-11(13)9(16(4)15-8)6-10(17)12(14)7(2)3/h7,12H,5-6,14H2,1-4H3. The quantitative estimate of drug-likeness (QED) is 0.903. The number of hydrogen-bond acceptors (Lipinski definition) is 3. The number of ketones is 1. The fourth-order valence-electron chi connectivity index (χ4n) is 1.67. The molecule has 0 aliphatic rings. The number of nitrogens with zero attached hydrogens (tertiary/aromatic N) is 2. The lowest BCUT2D eigenvalue weighted by Gasteiger charge is -2.14. The van der Waals surface area contributed by atoms with Crippen LogP contribution in [0.2, 0.25) is 0 Å². The van der Waals surface area contributed by atoms with Crippen LogP contribution in [0.5, 0.6) is 0 Å². The van der Waals surface area contributed by atoms with Crippen molar-refractivity contribution in [2.45, 2.75) is 39.7 Å². The lowest BCUT2D eigenvalue weighted by atomic mass is 9.98. The number of carbonyl (C=O) groups is 1. The zero-order chi connectivity index (χ0) is 13.2. The van der Waals surface area contributed by atoms with E-state index in [2.05, 4.69) is 21.0 Å². The molecule has 1 rings (SSSR count). The Balaban J connectivity index is 2.89. The van der Waals surface area contributed by atoms with Crippen LogP contribution in [0.1, 0.15) is 32.2 Å². The molecule has 0 amide bonds. The number of nitrogens with two attached hydrogens (primary N) is 1. The molecule has 0 saturated heterocycles. The molecular formula is C12H20BrN3O. The molecule has 1 unspecified atom stereocenters. The second-order valence-corrected chi connectivity index (χ2v) is 5.39. The Morgan fingerprint density at radius 1 is 1.53 bits per heavy atom. The average Bonchev–Trinajstić information content (AvgIpc) is 2.55. The highest BCUT2D eigenvalue weighted by Crippen LogP contribution is 2.22. The van der Waals surface area contributed by atoms with Gasteiger partial charge in [-0.15, -0.1) is 0 Å². The van der Waals surface area contributed by atoms with Gasteiger partial charge < -0.3 is 5.73 Å². The Hall–Kier alpha value is -0.680. The van der Waals surface area contributed by atoms with Gasteiger partial charge in [-0.2, -0.15) is 5.10 Å². The fraction of sp³-hybridized carbons (Fsp3) is 0.667. The summed E-state index contributed by atoms with van der Waals surface area (Å²) in [5.74, 6) is 0.228. The normalized spacial score (nSPS) is 13.1. The SMILES string of the molecule is CCc1nn(C)c(CC(=O)C(N)C(C)C)c1Br. The van der Waals surface area contributed by atoms with E-state index in [9.17, 15) is 4.79 Å². The molecule has 4 nitrogen and oxygen atoms in total. The fourth-order valence-corrected chi connectivity index (χ4v) is 2.42. The van der Waals surface area contributed by atoms with E-state index >= 15 is 0 Å². The van der Waals surface area contributed by atoms with Gasteiger partial charge in [-0.1, -0.05) is 20.8 Å². The van der Waals surface area contributed by atoms with Crippen LogP contribution in [0.4, 0.5) is 0 Å². The number of rotatable bonds is 5. The molecule has 0 bridgehead atoms. The number of aryl methyl sites for hydroxylation is 2. The van der Waals surface area contributed by atoms with Crippen LogP contribution in [0.15, 0.2) is 4.47 Å². The van der Waals surface area contributed by atoms with Gasteiger partial charge in [0.1, 0.15) is 0 Å². The summed E-state index contributed by atoms with van der Waals surface area (Å²) >= 11 is 3.50. The lowest BCUT2D eigenvalue weighted by Crippen LogP contribution is -2.37. The monoisotopic (exact) mass is 301 g/mol. The summed E-state index contributed by atoms with van der Waals surface area (Å²) in [5, 5.41) is 4.36. The van der Waals surface area contributed by atoms with Gasteiger partial charge in [0.25, 0.3) is 0 Å². The Morgan fingerprint density at radius 3 is 2.53 bits per heavy atom. The summed E-state index contributed by atoms with van der Waals surface area (Å²) in [7, 11) is 1.85. The third kappa shape index (κ3) is 3.16. The Labute approximate surface area is 111 Å². The van der Waals surface area contributed by atoms with E-state index in [0.717, 1.165) is 22.3 Å². The molecule has 0 fully saturated rings. The molecule has 1 aromatic rings. The van der Waals surface area contributed by atoms with Crippen LogP contribution in [0.3, 0.4) is 0 Å². The summed E-state index contributed by atoms with van der Waals surface area (Å²) < 4.78 is 2.69. The third-order valence-corrected chi connectivity index (χ3v) is 3.85. The van der Waals surface area contributed by atoms with Crippen LogP contribution in [-0.4, -0.2) is 21.6 Å². The molecular weight excluding hydrogens is 282 g/mol. The van der Waals surface area contributed by atoms with Crippen molar-refractivity contribution in [2.75, 3.05) is 0 Å². The van der Waals surface area contributed by atoms with Gasteiger partial charge in [-0.05, 0) is 28.3 Å². The molecule has 2 N–H and O–H groups in total. The van der Waals surface area contributed by atoms with Crippen LogP contribution in [0, 0.1) is 5.92 Å².